The summed E-state index contributed by atoms with van der Waals surface area (Å²) in [5, 5.41) is 7.48. The van der Waals surface area contributed by atoms with Crippen LogP contribution in [0.1, 0.15) is 40.1 Å². The summed E-state index contributed by atoms with van der Waals surface area (Å²) in [5.41, 5.74) is 2.76. The second kappa shape index (κ2) is 10.8. The van der Waals surface area contributed by atoms with Gasteiger partial charge < -0.3 is 9.73 Å². The predicted octanol–water partition coefficient (Wildman–Crippen LogP) is 4.55. The molecule has 0 bridgehead atoms. The van der Waals surface area contributed by atoms with Crippen LogP contribution in [0.3, 0.4) is 0 Å². The number of pyridine rings is 2. The van der Waals surface area contributed by atoms with Gasteiger partial charge >= 0.3 is 0 Å². The van der Waals surface area contributed by atoms with E-state index in [1.165, 1.54) is 30.5 Å². The fourth-order valence-electron chi connectivity index (χ4n) is 4.47. The van der Waals surface area contributed by atoms with Crippen molar-refractivity contribution in [2.75, 3.05) is 5.32 Å². The quantitative estimate of drug-likeness (QED) is 0.260. The molecule has 1 aromatic carbocycles. The van der Waals surface area contributed by atoms with Crippen molar-refractivity contribution in [3.8, 4) is 11.3 Å². The Bertz CT molecular complexity index is 1970. The lowest BCUT2D eigenvalue weighted by Crippen LogP contribution is -2.32. The fourth-order valence-corrected chi connectivity index (χ4v) is 5.52. The largest absolute Gasteiger partial charge is 0.455 e. The van der Waals surface area contributed by atoms with E-state index < -0.39 is 22.0 Å². The molecule has 11 nitrogen and oxygen atoms in total. The lowest BCUT2D eigenvalue weighted by molar-refractivity contribution is 0.0977. The van der Waals surface area contributed by atoms with Crippen molar-refractivity contribution in [2.45, 2.75) is 31.8 Å². The van der Waals surface area contributed by atoms with Gasteiger partial charge in [-0.15, -0.1) is 0 Å². The highest BCUT2D eigenvalue weighted by molar-refractivity contribution is 7.90. The van der Waals surface area contributed by atoms with Crippen molar-refractivity contribution < 1.29 is 17.6 Å². The zero-order valence-electron chi connectivity index (χ0n) is 22.5. The maximum atomic E-state index is 13.4. The van der Waals surface area contributed by atoms with Gasteiger partial charge in [-0.2, -0.15) is 13.5 Å². The van der Waals surface area contributed by atoms with E-state index in [2.05, 4.69) is 20.4 Å². The first-order valence-electron chi connectivity index (χ1n) is 12.4. The number of hydrogen-bond acceptors (Lipinski definition) is 9. The van der Waals surface area contributed by atoms with E-state index in [4.69, 9.17) is 16.0 Å². The standard InChI is InChI=1S/C28H25ClN6O5S/c1-15-11-19(27-20(12-15)25(36)16(2)26(40-27)18-13-31-35(4)14-18)17(3)32-21-8-9-22(29)33-24(21)28(37)34-41(38,39)23-7-5-6-10-30-23/h5-14,17,32H,1-4H3,(H,34,37). The van der Waals surface area contributed by atoms with Crippen molar-refractivity contribution >= 4 is 44.2 Å². The maximum absolute atomic E-state index is 13.4. The molecule has 1 unspecified atom stereocenters. The van der Waals surface area contributed by atoms with Crippen LogP contribution in [0.25, 0.3) is 22.3 Å². The Morgan fingerprint density at radius 3 is 2.61 bits per heavy atom. The molecule has 0 saturated carbocycles. The minimum atomic E-state index is -4.27. The van der Waals surface area contributed by atoms with Gasteiger partial charge in [0, 0.05) is 30.6 Å². The van der Waals surface area contributed by atoms with Crippen LogP contribution in [0.2, 0.25) is 5.15 Å². The van der Waals surface area contributed by atoms with E-state index in [-0.39, 0.29) is 27.0 Å². The molecule has 5 aromatic rings. The van der Waals surface area contributed by atoms with Gasteiger partial charge in [-0.05, 0) is 56.7 Å². The lowest BCUT2D eigenvalue weighted by Gasteiger charge is -2.20. The van der Waals surface area contributed by atoms with E-state index in [9.17, 15) is 18.0 Å². The third kappa shape index (κ3) is 5.56. The summed E-state index contributed by atoms with van der Waals surface area (Å²) < 4.78 is 35.4. The number of aryl methyl sites for hydroxylation is 2. The van der Waals surface area contributed by atoms with E-state index in [0.29, 0.717) is 33.4 Å². The third-order valence-electron chi connectivity index (χ3n) is 6.41. The number of nitrogens with one attached hydrogen (secondary N) is 2. The van der Waals surface area contributed by atoms with Crippen LogP contribution in [0.15, 0.2) is 75.3 Å². The van der Waals surface area contributed by atoms with Crippen molar-refractivity contribution in [1.82, 2.24) is 24.5 Å². The van der Waals surface area contributed by atoms with Gasteiger partial charge in [-0.25, -0.2) is 14.7 Å². The summed E-state index contributed by atoms with van der Waals surface area (Å²) in [5.74, 6) is -0.594. The lowest BCUT2D eigenvalue weighted by atomic mass is 9.99. The summed E-state index contributed by atoms with van der Waals surface area (Å²) in [7, 11) is -2.50. The summed E-state index contributed by atoms with van der Waals surface area (Å²) in [6.45, 7) is 5.39. The first-order valence-corrected chi connectivity index (χ1v) is 14.3. The van der Waals surface area contributed by atoms with Crippen LogP contribution in [0.5, 0.6) is 0 Å². The molecule has 0 aliphatic carbocycles. The van der Waals surface area contributed by atoms with Crippen LogP contribution >= 0.6 is 11.6 Å². The molecule has 0 aliphatic heterocycles. The number of carbonyl (C=O) groups excluding carboxylic acids is 1. The predicted molar refractivity (Wildman–Crippen MR) is 154 cm³/mol. The Labute approximate surface area is 240 Å². The third-order valence-corrected chi connectivity index (χ3v) is 7.87. The van der Waals surface area contributed by atoms with Gasteiger partial charge in [0.1, 0.15) is 16.5 Å². The average molecular weight is 593 g/mol. The van der Waals surface area contributed by atoms with Crippen molar-refractivity contribution in [1.29, 1.82) is 0 Å². The highest BCUT2D eigenvalue weighted by Gasteiger charge is 2.25. The first-order chi connectivity index (χ1) is 19.4. The minimum Gasteiger partial charge on any atom is -0.455 e. The molecule has 0 spiro atoms. The molecule has 4 heterocycles. The molecule has 13 heteroatoms. The van der Waals surface area contributed by atoms with Gasteiger partial charge in [0.2, 0.25) is 0 Å². The Morgan fingerprint density at radius 2 is 1.93 bits per heavy atom. The maximum Gasteiger partial charge on any atom is 0.285 e. The second-order valence-corrected chi connectivity index (χ2v) is 11.5. The van der Waals surface area contributed by atoms with E-state index in [1.54, 1.807) is 43.2 Å². The van der Waals surface area contributed by atoms with Crippen LogP contribution in [-0.2, 0) is 17.1 Å². The Hall–Kier alpha value is -4.55. The van der Waals surface area contributed by atoms with Crippen molar-refractivity contribution in [2.24, 2.45) is 7.05 Å². The number of amides is 1. The topological polar surface area (TPSA) is 149 Å². The number of rotatable bonds is 7. The number of hydrogen-bond donors (Lipinski definition) is 2. The molecular formula is C28H25ClN6O5S. The number of fused-ring (bicyclic) bond motifs is 1. The molecule has 4 aromatic heterocycles. The normalized spacial score (nSPS) is 12.3. The highest BCUT2D eigenvalue weighted by Crippen LogP contribution is 2.32. The molecule has 41 heavy (non-hydrogen) atoms. The number of benzene rings is 1. The molecule has 5 rings (SSSR count). The molecule has 1 atom stereocenters. The van der Waals surface area contributed by atoms with Crippen LogP contribution in [0, 0.1) is 13.8 Å². The Kier molecular flexibility index (Phi) is 7.37. The number of aromatic nitrogens is 4. The zero-order chi connectivity index (χ0) is 29.5. The minimum absolute atomic E-state index is 0.00724. The van der Waals surface area contributed by atoms with Crippen LogP contribution in [0.4, 0.5) is 5.69 Å². The Morgan fingerprint density at radius 1 is 1.15 bits per heavy atom. The van der Waals surface area contributed by atoms with Gasteiger partial charge in [0.25, 0.3) is 15.9 Å². The monoisotopic (exact) mass is 592 g/mol. The average Bonchev–Trinajstić information content (AvgIpc) is 3.37. The number of carbonyl (C=O) groups is 1. The molecule has 210 valence electrons. The fraction of sp³-hybridized carbons (Fsp3) is 0.179. The number of sulfonamides is 1. The Balaban J connectivity index is 1.55. The molecule has 0 saturated heterocycles. The second-order valence-electron chi connectivity index (χ2n) is 9.52. The van der Waals surface area contributed by atoms with E-state index in [0.717, 1.165) is 5.56 Å². The molecule has 0 radical (unpaired) electrons. The van der Waals surface area contributed by atoms with Gasteiger partial charge in [-0.1, -0.05) is 23.7 Å². The van der Waals surface area contributed by atoms with Gasteiger partial charge in [0.05, 0.1) is 28.9 Å². The van der Waals surface area contributed by atoms with Crippen LogP contribution in [-0.4, -0.2) is 34.1 Å². The van der Waals surface area contributed by atoms with Crippen LogP contribution < -0.4 is 15.5 Å². The van der Waals surface area contributed by atoms with Crippen molar-refractivity contribution in [3.63, 3.8) is 0 Å². The molecule has 1 amide bonds. The molecule has 0 aliphatic rings. The summed E-state index contributed by atoms with van der Waals surface area (Å²) in [6, 6.07) is 10.4. The highest BCUT2D eigenvalue weighted by atomic mass is 35.5. The van der Waals surface area contributed by atoms with Gasteiger partial charge in [-0.3, -0.25) is 14.3 Å². The number of nitrogens with zero attached hydrogens (tertiary/aromatic N) is 4. The smallest absolute Gasteiger partial charge is 0.285 e. The first kappa shape index (κ1) is 28.0. The number of anilines is 1. The number of halogens is 1. The SMILES string of the molecule is Cc1cc(C(C)Nc2ccc(Cl)nc2C(=O)NS(=O)(=O)c2ccccn2)c2oc(-c3cnn(C)c3)c(C)c(=O)c2c1. The van der Waals surface area contributed by atoms with E-state index >= 15 is 0 Å². The van der Waals surface area contributed by atoms with Gasteiger partial charge in [0.15, 0.2) is 16.1 Å². The summed E-state index contributed by atoms with van der Waals surface area (Å²) >= 11 is 6.07. The molecular weight excluding hydrogens is 568 g/mol. The van der Waals surface area contributed by atoms with E-state index in [1.807, 2.05) is 24.6 Å². The zero-order valence-corrected chi connectivity index (χ0v) is 24.0. The van der Waals surface area contributed by atoms with Crippen molar-refractivity contribution in [3.05, 3.63) is 98.8 Å². The summed E-state index contributed by atoms with van der Waals surface area (Å²) in [6.07, 6.45) is 4.68. The molecule has 2 N–H and O–H groups in total. The molecule has 0 fully saturated rings. The summed E-state index contributed by atoms with van der Waals surface area (Å²) in [4.78, 5) is 34.4.